The Balaban J connectivity index is 1.92. The van der Waals surface area contributed by atoms with Crippen LogP contribution in [0, 0.1) is 0 Å². The Kier molecular flexibility index (Phi) is 2.35. The third kappa shape index (κ3) is 2.30. The Morgan fingerprint density at radius 1 is 1.62 bits per heavy atom. The summed E-state index contributed by atoms with van der Waals surface area (Å²) in [7, 11) is 0. The van der Waals surface area contributed by atoms with Gasteiger partial charge in [-0.15, -0.1) is 10.2 Å². The van der Waals surface area contributed by atoms with Gasteiger partial charge in [0.1, 0.15) is 5.78 Å². The summed E-state index contributed by atoms with van der Waals surface area (Å²) >= 11 is 1.30. The molecule has 1 aromatic heterocycles. The predicted octanol–water partition coefficient (Wildman–Crippen LogP) is 1.63. The highest BCUT2D eigenvalue weighted by molar-refractivity contribution is 7.99. The normalized spacial score (nSPS) is 16.1. The highest BCUT2D eigenvalue weighted by Gasteiger charge is 2.29. The number of carbonyl (C=O) groups is 1. The van der Waals surface area contributed by atoms with Crippen molar-refractivity contribution in [3.05, 3.63) is 5.89 Å². The summed E-state index contributed by atoms with van der Waals surface area (Å²) in [6.07, 6.45) is 2.30. The molecule has 13 heavy (non-hydrogen) atoms. The number of aromatic nitrogens is 2. The van der Waals surface area contributed by atoms with E-state index in [4.69, 9.17) is 4.42 Å². The molecule has 1 aliphatic rings. The first kappa shape index (κ1) is 8.74. The number of carbonyl (C=O) groups excluding carboxylic acids is 1. The van der Waals surface area contributed by atoms with Gasteiger partial charge < -0.3 is 4.42 Å². The van der Waals surface area contributed by atoms with Crippen molar-refractivity contribution in [3.8, 4) is 0 Å². The molecule has 1 saturated carbocycles. The molecule has 1 aliphatic carbocycles. The fourth-order valence-electron chi connectivity index (χ4n) is 0.937. The molecule has 0 bridgehead atoms. The van der Waals surface area contributed by atoms with Crippen molar-refractivity contribution < 1.29 is 9.21 Å². The number of rotatable bonds is 4. The van der Waals surface area contributed by atoms with E-state index in [1.807, 2.05) is 0 Å². The fourth-order valence-corrected chi connectivity index (χ4v) is 1.51. The molecule has 2 rings (SSSR count). The van der Waals surface area contributed by atoms with Gasteiger partial charge in [0.15, 0.2) is 0 Å². The van der Waals surface area contributed by atoms with E-state index in [2.05, 4.69) is 10.2 Å². The summed E-state index contributed by atoms with van der Waals surface area (Å²) in [5.74, 6) is 1.74. The van der Waals surface area contributed by atoms with Crippen LogP contribution in [0.5, 0.6) is 0 Å². The van der Waals surface area contributed by atoms with Crippen molar-refractivity contribution in [2.75, 3.05) is 5.75 Å². The molecule has 0 N–H and O–H groups in total. The molecule has 70 valence electrons. The third-order valence-corrected chi connectivity index (χ3v) is 2.71. The number of Topliss-reactive ketones (excluding diaryl/α,β-unsaturated/α-hetero) is 1. The molecule has 5 heteroatoms. The van der Waals surface area contributed by atoms with Crippen LogP contribution in [0.25, 0.3) is 0 Å². The second-order valence-electron chi connectivity index (χ2n) is 3.17. The van der Waals surface area contributed by atoms with E-state index in [9.17, 15) is 4.79 Å². The lowest BCUT2D eigenvalue weighted by Gasteiger charge is -1.89. The van der Waals surface area contributed by atoms with Gasteiger partial charge in [0, 0.05) is 5.92 Å². The van der Waals surface area contributed by atoms with Crippen molar-refractivity contribution in [2.45, 2.75) is 30.9 Å². The SMILES string of the molecule is CC(=O)CSc1nnc(C2CC2)o1. The van der Waals surface area contributed by atoms with Crippen LogP contribution in [0.3, 0.4) is 0 Å². The third-order valence-electron chi connectivity index (χ3n) is 1.75. The van der Waals surface area contributed by atoms with Crippen LogP contribution in [-0.2, 0) is 4.79 Å². The Morgan fingerprint density at radius 3 is 3.00 bits per heavy atom. The molecule has 0 aliphatic heterocycles. The first-order chi connectivity index (χ1) is 6.25. The minimum atomic E-state index is 0.121. The van der Waals surface area contributed by atoms with Crippen LogP contribution in [0.1, 0.15) is 31.6 Å². The number of ketones is 1. The van der Waals surface area contributed by atoms with Crippen LogP contribution in [0.4, 0.5) is 0 Å². The minimum absolute atomic E-state index is 0.121. The molecular formula is C8H10N2O2S. The maximum Gasteiger partial charge on any atom is 0.277 e. The summed E-state index contributed by atoms with van der Waals surface area (Å²) in [6.45, 7) is 1.55. The molecule has 0 unspecified atom stereocenters. The monoisotopic (exact) mass is 198 g/mol. The maximum absolute atomic E-state index is 10.7. The summed E-state index contributed by atoms with van der Waals surface area (Å²) in [5.41, 5.74) is 0. The topological polar surface area (TPSA) is 56.0 Å². The Labute approximate surface area is 80.1 Å². The van der Waals surface area contributed by atoms with Gasteiger partial charge in [0.2, 0.25) is 5.89 Å². The van der Waals surface area contributed by atoms with E-state index in [0.29, 0.717) is 16.9 Å². The van der Waals surface area contributed by atoms with Gasteiger partial charge in [-0.05, 0) is 19.8 Å². The zero-order chi connectivity index (χ0) is 9.26. The molecule has 0 saturated heterocycles. The summed E-state index contributed by atoms with van der Waals surface area (Å²) in [5, 5.41) is 8.26. The van der Waals surface area contributed by atoms with Crippen LogP contribution in [0.2, 0.25) is 0 Å². The molecule has 1 heterocycles. The van der Waals surface area contributed by atoms with E-state index in [0.717, 1.165) is 18.7 Å². The summed E-state index contributed by atoms with van der Waals surface area (Å²) < 4.78 is 5.35. The first-order valence-corrected chi connectivity index (χ1v) is 5.20. The number of hydrogen-bond acceptors (Lipinski definition) is 5. The van der Waals surface area contributed by atoms with E-state index in [1.165, 1.54) is 11.8 Å². The average Bonchev–Trinajstić information content (AvgIpc) is 2.83. The van der Waals surface area contributed by atoms with Crippen molar-refractivity contribution in [1.82, 2.24) is 10.2 Å². The van der Waals surface area contributed by atoms with Gasteiger partial charge >= 0.3 is 0 Å². The Hall–Kier alpha value is -0.840. The van der Waals surface area contributed by atoms with Crippen molar-refractivity contribution in [3.63, 3.8) is 0 Å². The van der Waals surface area contributed by atoms with Gasteiger partial charge in [0.25, 0.3) is 5.22 Å². The molecule has 1 aromatic rings. The van der Waals surface area contributed by atoms with E-state index in [-0.39, 0.29) is 5.78 Å². The molecule has 4 nitrogen and oxygen atoms in total. The zero-order valence-electron chi connectivity index (χ0n) is 7.32. The lowest BCUT2D eigenvalue weighted by molar-refractivity contribution is -0.114. The molecule has 0 aromatic carbocycles. The molecular weight excluding hydrogens is 188 g/mol. The largest absolute Gasteiger partial charge is 0.416 e. The predicted molar refractivity (Wildman–Crippen MR) is 47.7 cm³/mol. The lowest BCUT2D eigenvalue weighted by Crippen LogP contribution is -1.92. The van der Waals surface area contributed by atoms with Crippen LogP contribution >= 0.6 is 11.8 Å². The van der Waals surface area contributed by atoms with Crippen molar-refractivity contribution >= 4 is 17.5 Å². The summed E-state index contributed by atoms with van der Waals surface area (Å²) in [6, 6.07) is 0. The second-order valence-corrected chi connectivity index (χ2v) is 4.10. The Bertz CT molecular complexity index is 320. The molecule has 1 fully saturated rings. The fraction of sp³-hybridized carbons (Fsp3) is 0.625. The van der Waals surface area contributed by atoms with Gasteiger partial charge in [-0.25, -0.2) is 0 Å². The van der Waals surface area contributed by atoms with Crippen LogP contribution in [0.15, 0.2) is 9.64 Å². The number of thioether (sulfide) groups is 1. The highest BCUT2D eigenvalue weighted by atomic mass is 32.2. The molecule has 0 radical (unpaired) electrons. The maximum atomic E-state index is 10.7. The first-order valence-electron chi connectivity index (χ1n) is 4.21. The number of hydrogen-bond donors (Lipinski definition) is 0. The van der Waals surface area contributed by atoms with Gasteiger partial charge in [-0.2, -0.15) is 0 Å². The highest BCUT2D eigenvalue weighted by Crippen LogP contribution is 2.39. The van der Waals surface area contributed by atoms with Gasteiger partial charge in [-0.3, -0.25) is 4.79 Å². The van der Waals surface area contributed by atoms with Crippen LogP contribution < -0.4 is 0 Å². The van der Waals surface area contributed by atoms with E-state index >= 15 is 0 Å². The summed E-state index contributed by atoms with van der Waals surface area (Å²) in [4.78, 5) is 10.7. The Morgan fingerprint density at radius 2 is 2.38 bits per heavy atom. The van der Waals surface area contributed by atoms with E-state index < -0.39 is 0 Å². The zero-order valence-corrected chi connectivity index (χ0v) is 8.13. The average molecular weight is 198 g/mol. The lowest BCUT2D eigenvalue weighted by atomic mass is 10.4. The smallest absolute Gasteiger partial charge is 0.277 e. The van der Waals surface area contributed by atoms with Gasteiger partial charge in [0.05, 0.1) is 5.75 Å². The molecule has 0 spiro atoms. The quantitative estimate of drug-likeness (QED) is 0.688. The second kappa shape index (κ2) is 3.49. The number of nitrogens with zero attached hydrogens (tertiary/aromatic N) is 2. The van der Waals surface area contributed by atoms with Crippen molar-refractivity contribution in [2.24, 2.45) is 0 Å². The minimum Gasteiger partial charge on any atom is -0.416 e. The molecule has 0 amide bonds. The standard InChI is InChI=1S/C8H10N2O2S/c1-5(11)4-13-8-10-9-7(12-8)6-2-3-6/h6H,2-4H2,1H3. The molecule has 0 atom stereocenters. The van der Waals surface area contributed by atoms with Gasteiger partial charge in [-0.1, -0.05) is 11.8 Å². The van der Waals surface area contributed by atoms with E-state index in [1.54, 1.807) is 6.92 Å². The van der Waals surface area contributed by atoms with Crippen LogP contribution in [-0.4, -0.2) is 21.7 Å². The van der Waals surface area contributed by atoms with Crippen molar-refractivity contribution in [1.29, 1.82) is 0 Å².